The van der Waals surface area contributed by atoms with Gasteiger partial charge in [0.15, 0.2) is 0 Å². The minimum atomic E-state index is -1.01. The largest absolute Gasteiger partial charge is 0.477 e. The van der Waals surface area contributed by atoms with Crippen molar-refractivity contribution in [3.8, 4) is 11.8 Å². The molecule has 1 aromatic heterocycles. The van der Waals surface area contributed by atoms with E-state index in [9.17, 15) is 14.7 Å². The third-order valence-corrected chi connectivity index (χ3v) is 7.83. The molecular formula is C26H39N3O3S. The number of rotatable bonds is 5. The first-order valence-corrected chi connectivity index (χ1v) is 12.9. The summed E-state index contributed by atoms with van der Waals surface area (Å²) in [6.07, 6.45) is 5.70. The number of carbonyl (C=O) groups is 2. The number of carboxylic acids is 1. The average Bonchev–Trinajstić information content (AvgIpc) is 3.17. The Morgan fingerprint density at radius 2 is 1.73 bits per heavy atom. The van der Waals surface area contributed by atoms with Crippen molar-refractivity contribution in [3.63, 3.8) is 0 Å². The summed E-state index contributed by atoms with van der Waals surface area (Å²) < 4.78 is 0. The van der Waals surface area contributed by atoms with Crippen LogP contribution in [0, 0.1) is 29.1 Å². The Morgan fingerprint density at radius 1 is 1.12 bits per heavy atom. The minimum Gasteiger partial charge on any atom is -0.477 e. The molecule has 0 bridgehead atoms. The molecule has 2 aliphatic rings. The van der Waals surface area contributed by atoms with Gasteiger partial charge in [-0.2, -0.15) is 0 Å². The Morgan fingerprint density at radius 3 is 2.27 bits per heavy atom. The van der Waals surface area contributed by atoms with Crippen LogP contribution in [0.2, 0.25) is 0 Å². The van der Waals surface area contributed by atoms with Crippen LogP contribution in [0.3, 0.4) is 0 Å². The molecule has 33 heavy (non-hydrogen) atoms. The van der Waals surface area contributed by atoms with Crippen molar-refractivity contribution in [1.82, 2.24) is 9.91 Å². The maximum atomic E-state index is 13.9. The second kappa shape index (κ2) is 10.6. The third-order valence-electron chi connectivity index (χ3n) is 6.80. The van der Waals surface area contributed by atoms with Crippen LogP contribution in [-0.4, -0.2) is 60.1 Å². The molecule has 1 amide bonds. The van der Waals surface area contributed by atoms with Crippen molar-refractivity contribution in [2.75, 3.05) is 32.2 Å². The number of anilines is 1. The first-order valence-electron chi connectivity index (χ1n) is 12.1. The van der Waals surface area contributed by atoms with Crippen LogP contribution < -0.4 is 5.01 Å². The van der Waals surface area contributed by atoms with Crippen LogP contribution in [0.1, 0.15) is 80.8 Å². The van der Waals surface area contributed by atoms with E-state index in [2.05, 4.69) is 30.7 Å². The molecule has 1 aliphatic heterocycles. The lowest BCUT2D eigenvalue weighted by atomic mass is 9.82. The molecule has 1 aromatic rings. The lowest BCUT2D eigenvalue weighted by Crippen LogP contribution is -2.54. The van der Waals surface area contributed by atoms with Crippen molar-refractivity contribution in [1.29, 1.82) is 0 Å². The monoisotopic (exact) mass is 473 g/mol. The molecule has 182 valence electrons. The SMILES string of the molecule is CC1CCC(C(=O)N(c2cc(C#CC(C)(C)C)sc2C(=O)O)N(C)C2CCN(C)CC2)CC1. The summed E-state index contributed by atoms with van der Waals surface area (Å²) in [6.45, 7) is 10.3. The van der Waals surface area contributed by atoms with Gasteiger partial charge in [-0.05, 0) is 91.4 Å². The first-order chi connectivity index (χ1) is 15.5. The third kappa shape index (κ3) is 6.59. The predicted molar refractivity (Wildman–Crippen MR) is 135 cm³/mol. The average molecular weight is 474 g/mol. The maximum Gasteiger partial charge on any atom is 0.348 e. The van der Waals surface area contributed by atoms with E-state index in [4.69, 9.17) is 0 Å². The van der Waals surface area contributed by atoms with E-state index in [1.807, 2.05) is 38.9 Å². The van der Waals surface area contributed by atoms with E-state index in [1.165, 1.54) is 0 Å². The highest BCUT2D eigenvalue weighted by Crippen LogP contribution is 2.37. The van der Waals surface area contributed by atoms with E-state index < -0.39 is 5.97 Å². The van der Waals surface area contributed by atoms with Crippen LogP contribution in [0.5, 0.6) is 0 Å². The molecule has 0 radical (unpaired) electrons. The summed E-state index contributed by atoms with van der Waals surface area (Å²) in [6, 6.07) is 2.00. The zero-order valence-corrected chi connectivity index (χ0v) is 21.8. The predicted octanol–water partition coefficient (Wildman–Crippen LogP) is 4.94. The molecule has 6 nitrogen and oxygen atoms in total. The highest BCUT2D eigenvalue weighted by Gasteiger charge is 2.37. The summed E-state index contributed by atoms with van der Waals surface area (Å²) in [7, 11) is 4.06. The van der Waals surface area contributed by atoms with Gasteiger partial charge in [0.25, 0.3) is 0 Å². The molecule has 2 heterocycles. The molecular weight excluding hydrogens is 434 g/mol. The van der Waals surface area contributed by atoms with E-state index in [-0.39, 0.29) is 28.2 Å². The number of hydrogen-bond donors (Lipinski definition) is 1. The summed E-state index contributed by atoms with van der Waals surface area (Å²) >= 11 is 1.16. The van der Waals surface area contributed by atoms with Crippen molar-refractivity contribution in [2.24, 2.45) is 17.3 Å². The highest BCUT2D eigenvalue weighted by molar-refractivity contribution is 7.15. The summed E-state index contributed by atoms with van der Waals surface area (Å²) in [5, 5.41) is 13.7. The van der Waals surface area contributed by atoms with Crippen LogP contribution in [0.15, 0.2) is 6.07 Å². The second-order valence-electron chi connectivity index (χ2n) is 10.8. The van der Waals surface area contributed by atoms with Crippen molar-refractivity contribution in [3.05, 3.63) is 15.8 Å². The molecule has 1 aliphatic carbocycles. The van der Waals surface area contributed by atoms with Gasteiger partial charge in [-0.1, -0.05) is 18.8 Å². The van der Waals surface area contributed by atoms with E-state index in [0.717, 1.165) is 63.0 Å². The fourth-order valence-corrected chi connectivity index (χ4v) is 5.49. The molecule has 2 fully saturated rings. The first kappa shape index (κ1) is 25.7. The number of hydrazine groups is 1. The van der Waals surface area contributed by atoms with Gasteiger partial charge >= 0.3 is 5.97 Å². The molecule has 1 N–H and O–H groups in total. The lowest BCUT2D eigenvalue weighted by Gasteiger charge is -2.42. The van der Waals surface area contributed by atoms with Crippen molar-refractivity contribution >= 4 is 28.9 Å². The van der Waals surface area contributed by atoms with Gasteiger partial charge in [-0.3, -0.25) is 4.79 Å². The van der Waals surface area contributed by atoms with E-state index in [0.29, 0.717) is 16.5 Å². The van der Waals surface area contributed by atoms with Gasteiger partial charge in [-0.25, -0.2) is 14.8 Å². The number of carboxylic acid groups (broad SMARTS) is 1. The number of piperidine rings is 1. The summed E-state index contributed by atoms with van der Waals surface area (Å²) in [4.78, 5) is 29.3. The Bertz CT molecular complexity index is 907. The number of nitrogens with zero attached hydrogens (tertiary/aromatic N) is 3. The number of thiophene rings is 1. The Hall–Kier alpha value is -1.88. The molecule has 7 heteroatoms. The van der Waals surface area contributed by atoms with E-state index >= 15 is 0 Å². The van der Waals surface area contributed by atoms with Crippen LogP contribution in [0.4, 0.5) is 5.69 Å². The highest BCUT2D eigenvalue weighted by atomic mass is 32.1. The minimum absolute atomic E-state index is 0.0268. The fourth-order valence-electron chi connectivity index (χ4n) is 4.66. The molecule has 0 atom stereocenters. The Balaban J connectivity index is 2.00. The van der Waals surface area contributed by atoms with Crippen LogP contribution in [0.25, 0.3) is 0 Å². The van der Waals surface area contributed by atoms with Gasteiger partial charge < -0.3 is 10.0 Å². The Kier molecular flexibility index (Phi) is 8.26. The molecule has 1 saturated heterocycles. The molecule has 0 spiro atoms. The molecule has 3 rings (SSSR count). The van der Waals surface area contributed by atoms with E-state index in [1.54, 1.807) is 5.01 Å². The molecule has 1 saturated carbocycles. The topological polar surface area (TPSA) is 64.1 Å². The fraction of sp³-hybridized carbons (Fsp3) is 0.692. The van der Waals surface area contributed by atoms with Gasteiger partial charge in [0.2, 0.25) is 5.91 Å². The van der Waals surface area contributed by atoms with Crippen LogP contribution in [-0.2, 0) is 4.79 Å². The van der Waals surface area contributed by atoms with Crippen molar-refractivity contribution < 1.29 is 14.7 Å². The lowest BCUT2D eigenvalue weighted by molar-refractivity contribution is -0.127. The van der Waals surface area contributed by atoms with Crippen molar-refractivity contribution in [2.45, 2.75) is 72.3 Å². The van der Waals surface area contributed by atoms with Gasteiger partial charge in [0.1, 0.15) is 4.88 Å². The smallest absolute Gasteiger partial charge is 0.348 e. The number of aromatic carboxylic acids is 1. The van der Waals surface area contributed by atoms with Gasteiger partial charge in [0, 0.05) is 24.4 Å². The van der Waals surface area contributed by atoms with Crippen LogP contribution >= 0.6 is 11.3 Å². The molecule has 0 unspecified atom stereocenters. The second-order valence-corrected chi connectivity index (χ2v) is 11.9. The maximum absolute atomic E-state index is 13.9. The zero-order chi connectivity index (χ0) is 24.3. The zero-order valence-electron chi connectivity index (χ0n) is 21.0. The number of likely N-dealkylation sites (tertiary alicyclic amines) is 1. The standard InChI is InChI=1S/C26H39N3O3S/c1-18-7-9-19(10-8-18)24(30)29(28(6)20-12-15-27(5)16-13-20)22-17-21(11-14-26(2,3)4)33-23(22)25(31)32/h17-20H,7-10,12-13,15-16H2,1-6H3,(H,31,32). The quantitative estimate of drug-likeness (QED) is 0.485. The summed E-state index contributed by atoms with van der Waals surface area (Å²) in [5.41, 5.74) is 0.281. The summed E-state index contributed by atoms with van der Waals surface area (Å²) in [5.74, 6) is 5.93. The number of hydrogen-bond acceptors (Lipinski definition) is 5. The number of carbonyl (C=O) groups excluding carboxylic acids is 1. The number of amides is 1. The molecule has 0 aromatic carbocycles. The van der Waals surface area contributed by atoms with Gasteiger partial charge in [-0.15, -0.1) is 11.3 Å². The normalized spacial score (nSPS) is 22.6. The Labute approximate surface area is 202 Å². The van der Waals surface area contributed by atoms with Gasteiger partial charge in [0.05, 0.1) is 10.6 Å².